The van der Waals surface area contributed by atoms with Gasteiger partial charge in [-0.1, -0.05) is 0 Å². The number of aromatic nitrogens is 3. The van der Waals surface area contributed by atoms with Crippen molar-refractivity contribution < 1.29 is 4.74 Å². The third-order valence-corrected chi connectivity index (χ3v) is 1.24. The van der Waals surface area contributed by atoms with E-state index in [0.717, 1.165) is 0 Å². The molecular formula is C6H11N3O2. The van der Waals surface area contributed by atoms with E-state index in [9.17, 15) is 4.79 Å². The van der Waals surface area contributed by atoms with Gasteiger partial charge in [-0.3, -0.25) is 4.98 Å². The van der Waals surface area contributed by atoms with Gasteiger partial charge in [0.25, 0.3) is 0 Å². The number of ether oxygens (including phenoxy) is 1. The second-order valence-corrected chi connectivity index (χ2v) is 2.07. The fourth-order valence-corrected chi connectivity index (χ4v) is 0.737. The molecule has 0 atom stereocenters. The maximum atomic E-state index is 10.5. The van der Waals surface area contributed by atoms with Crippen LogP contribution in [0.3, 0.4) is 0 Å². The zero-order valence-electron chi connectivity index (χ0n) is 6.39. The first kappa shape index (κ1) is 8.00. The predicted molar refractivity (Wildman–Crippen MR) is 39.4 cm³/mol. The van der Waals surface area contributed by atoms with Crippen molar-refractivity contribution >= 4 is 0 Å². The highest BCUT2D eigenvalue weighted by molar-refractivity contribution is 4.79. The summed E-state index contributed by atoms with van der Waals surface area (Å²) in [7, 11) is 0. The topological polar surface area (TPSA) is 70.8 Å². The zero-order valence-corrected chi connectivity index (χ0v) is 6.39. The zero-order chi connectivity index (χ0) is 8.10. The summed E-state index contributed by atoms with van der Waals surface area (Å²) in [5, 5.41) is 5.99. The smallest absolute Gasteiger partial charge is 0.340 e. The molecule has 11 heavy (non-hydrogen) atoms. The van der Waals surface area contributed by atoms with Gasteiger partial charge in [-0.05, 0) is 6.92 Å². The van der Waals surface area contributed by atoms with Gasteiger partial charge >= 0.3 is 5.69 Å². The molecular weight excluding hydrogens is 146 g/mol. The van der Waals surface area contributed by atoms with Gasteiger partial charge in [0.2, 0.25) is 0 Å². The predicted octanol–water partition coefficient (Wildman–Crippen LogP) is -0.323. The number of nitrogens with one attached hydrogen (secondary N) is 2. The molecule has 0 unspecified atom stereocenters. The van der Waals surface area contributed by atoms with Gasteiger partial charge in [0.1, 0.15) is 5.82 Å². The van der Waals surface area contributed by atoms with E-state index < -0.39 is 0 Å². The normalized spacial score (nSPS) is 10.3. The van der Waals surface area contributed by atoms with Crippen LogP contribution in [0.5, 0.6) is 0 Å². The van der Waals surface area contributed by atoms with Crippen molar-refractivity contribution in [1.29, 1.82) is 0 Å². The standard InChI is InChI=1S/C6H11N3O2/c1-2-11-4-3-5-7-6(10)9-8-5/h2-4H2,1H3,(H2,7,8,9,10). The lowest BCUT2D eigenvalue weighted by Gasteiger charge is -1.95. The molecule has 0 spiro atoms. The van der Waals surface area contributed by atoms with Gasteiger partial charge in [-0.25, -0.2) is 9.89 Å². The molecule has 0 aromatic carbocycles. The van der Waals surface area contributed by atoms with Crippen LogP contribution < -0.4 is 5.69 Å². The fraction of sp³-hybridized carbons (Fsp3) is 0.667. The minimum absolute atomic E-state index is 0.267. The van der Waals surface area contributed by atoms with Gasteiger partial charge in [0.05, 0.1) is 6.61 Å². The van der Waals surface area contributed by atoms with Crippen molar-refractivity contribution in [3.05, 3.63) is 16.3 Å². The van der Waals surface area contributed by atoms with Crippen molar-refractivity contribution in [2.45, 2.75) is 13.3 Å². The fourth-order valence-electron chi connectivity index (χ4n) is 0.737. The van der Waals surface area contributed by atoms with E-state index in [2.05, 4.69) is 15.2 Å². The maximum Gasteiger partial charge on any atom is 0.340 e. The largest absolute Gasteiger partial charge is 0.381 e. The SMILES string of the molecule is CCOCCc1n[nH]c(=O)[nH]1. The van der Waals surface area contributed by atoms with Crippen molar-refractivity contribution in [1.82, 2.24) is 15.2 Å². The van der Waals surface area contributed by atoms with Crippen molar-refractivity contribution in [2.75, 3.05) is 13.2 Å². The summed E-state index contributed by atoms with van der Waals surface area (Å²) >= 11 is 0. The van der Waals surface area contributed by atoms with Crippen LogP contribution in [0.15, 0.2) is 4.79 Å². The first-order valence-corrected chi connectivity index (χ1v) is 3.54. The van der Waals surface area contributed by atoms with Crippen LogP contribution in [0.25, 0.3) is 0 Å². The molecule has 1 aromatic rings. The molecule has 0 radical (unpaired) electrons. The third-order valence-electron chi connectivity index (χ3n) is 1.24. The first-order chi connectivity index (χ1) is 5.33. The van der Waals surface area contributed by atoms with Gasteiger partial charge in [0.15, 0.2) is 0 Å². The van der Waals surface area contributed by atoms with Crippen molar-refractivity contribution in [2.24, 2.45) is 0 Å². The monoisotopic (exact) mass is 157 g/mol. The molecule has 0 saturated carbocycles. The second kappa shape index (κ2) is 3.92. The molecule has 0 saturated heterocycles. The minimum atomic E-state index is -0.267. The summed E-state index contributed by atoms with van der Waals surface area (Å²) in [5.41, 5.74) is -0.267. The number of hydrogen-bond donors (Lipinski definition) is 2. The quantitative estimate of drug-likeness (QED) is 0.588. The van der Waals surface area contributed by atoms with Crippen molar-refractivity contribution in [3.63, 3.8) is 0 Å². The average Bonchev–Trinajstić information content (AvgIpc) is 2.37. The molecule has 1 rings (SSSR count). The van der Waals surface area contributed by atoms with Crippen LogP contribution in [0, 0.1) is 0 Å². The highest BCUT2D eigenvalue weighted by Crippen LogP contribution is 1.85. The summed E-state index contributed by atoms with van der Waals surface area (Å²) in [4.78, 5) is 13.0. The molecule has 62 valence electrons. The highest BCUT2D eigenvalue weighted by atomic mass is 16.5. The van der Waals surface area contributed by atoms with Crippen molar-refractivity contribution in [3.8, 4) is 0 Å². The molecule has 0 amide bonds. The molecule has 5 heteroatoms. The van der Waals surface area contributed by atoms with Crippen LogP contribution >= 0.6 is 0 Å². The second-order valence-electron chi connectivity index (χ2n) is 2.07. The first-order valence-electron chi connectivity index (χ1n) is 3.54. The molecule has 0 aliphatic carbocycles. The molecule has 0 aliphatic heterocycles. The summed E-state index contributed by atoms with van der Waals surface area (Å²) < 4.78 is 5.07. The maximum absolute atomic E-state index is 10.5. The number of H-pyrrole nitrogens is 2. The lowest BCUT2D eigenvalue weighted by atomic mass is 10.4. The third kappa shape index (κ3) is 2.55. The van der Waals surface area contributed by atoms with Crippen LogP contribution in [-0.4, -0.2) is 28.4 Å². The molecule has 2 N–H and O–H groups in total. The summed E-state index contributed by atoms with van der Waals surface area (Å²) in [6.07, 6.45) is 0.645. The molecule has 1 heterocycles. The lowest BCUT2D eigenvalue weighted by molar-refractivity contribution is 0.149. The average molecular weight is 157 g/mol. The number of rotatable bonds is 4. The van der Waals surface area contributed by atoms with E-state index in [0.29, 0.717) is 25.5 Å². The molecule has 1 aromatic heterocycles. The highest BCUT2D eigenvalue weighted by Gasteiger charge is 1.95. The Morgan fingerprint density at radius 2 is 2.45 bits per heavy atom. The number of aromatic amines is 2. The van der Waals surface area contributed by atoms with E-state index in [-0.39, 0.29) is 5.69 Å². The molecule has 0 bridgehead atoms. The molecule has 0 aliphatic rings. The van der Waals surface area contributed by atoms with E-state index in [1.807, 2.05) is 6.92 Å². The molecule has 5 nitrogen and oxygen atoms in total. The van der Waals surface area contributed by atoms with Gasteiger partial charge < -0.3 is 4.74 Å². The van der Waals surface area contributed by atoms with E-state index in [1.165, 1.54) is 0 Å². The van der Waals surface area contributed by atoms with E-state index in [1.54, 1.807) is 0 Å². The minimum Gasteiger partial charge on any atom is -0.381 e. The van der Waals surface area contributed by atoms with Gasteiger partial charge in [-0.15, -0.1) is 0 Å². The molecule has 0 fully saturated rings. The Morgan fingerprint density at radius 1 is 1.64 bits per heavy atom. The Morgan fingerprint density at radius 3 is 3.00 bits per heavy atom. The van der Waals surface area contributed by atoms with Crippen LogP contribution in [-0.2, 0) is 11.2 Å². The van der Waals surface area contributed by atoms with E-state index >= 15 is 0 Å². The van der Waals surface area contributed by atoms with Crippen LogP contribution in [0.1, 0.15) is 12.7 Å². The van der Waals surface area contributed by atoms with E-state index in [4.69, 9.17) is 4.74 Å². The Hall–Kier alpha value is -1.10. The summed E-state index contributed by atoms with van der Waals surface area (Å²) in [6.45, 7) is 3.21. The number of nitrogens with zero attached hydrogens (tertiary/aromatic N) is 1. The van der Waals surface area contributed by atoms with Gasteiger partial charge in [0, 0.05) is 13.0 Å². The summed E-state index contributed by atoms with van der Waals surface area (Å²) in [6, 6.07) is 0. The summed E-state index contributed by atoms with van der Waals surface area (Å²) in [5.74, 6) is 0.642. The number of hydrogen-bond acceptors (Lipinski definition) is 3. The van der Waals surface area contributed by atoms with Crippen LogP contribution in [0.4, 0.5) is 0 Å². The van der Waals surface area contributed by atoms with Gasteiger partial charge in [-0.2, -0.15) is 5.10 Å². The lowest BCUT2D eigenvalue weighted by Crippen LogP contribution is -2.03. The van der Waals surface area contributed by atoms with Crippen LogP contribution in [0.2, 0.25) is 0 Å². The Kier molecular flexibility index (Phi) is 2.85. The Bertz CT molecular complexity index is 252. The Balaban J connectivity index is 2.33. The Labute approximate surface area is 63.8 Å².